The lowest BCUT2D eigenvalue weighted by atomic mass is 10.3. The zero-order valence-electron chi connectivity index (χ0n) is 9.75. The van der Waals surface area contributed by atoms with E-state index in [9.17, 15) is 24.6 Å². The number of rotatable bonds is 8. The van der Waals surface area contributed by atoms with E-state index in [2.05, 4.69) is 13.2 Å². The van der Waals surface area contributed by atoms with Gasteiger partial charge >= 0.3 is 20.4 Å². The van der Waals surface area contributed by atoms with Crippen LogP contribution in [0.5, 0.6) is 0 Å². The standard InChI is InChI=1S/C10H12F2O5S2/c1-3-5-9(7-18(11,13)14)17-10(6-4-2)8-19(12,15)16/h3-4,7-8H,1-2,5-6H2. The second-order valence-electron chi connectivity index (χ2n) is 3.21. The first-order chi connectivity index (χ1) is 8.57. The molecule has 9 heteroatoms. The van der Waals surface area contributed by atoms with Gasteiger partial charge in [-0.25, -0.2) is 0 Å². The van der Waals surface area contributed by atoms with Gasteiger partial charge in [-0.3, -0.25) is 0 Å². The fourth-order valence-electron chi connectivity index (χ4n) is 0.995. The smallest absolute Gasteiger partial charge is 0.328 e. The molecule has 108 valence electrons. The minimum Gasteiger partial charge on any atom is -0.464 e. The molecular weight excluding hydrogens is 302 g/mol. The number of halogens is 2. The number of hydrogen-bond acceptors (Lipinski definition) is 5. The molecule has 19 heavy (non-hydrogen) atoms. The van der Waals surface area contributed by atoms with Gasteiger partial charge < -0.3 is 4.74 Å². The van der Waals surface area contributed by atoms with Gasteiger partial charge in [-0.2, -0.15) is 16.8 Å². The first-order valence-electron chi connectivity index (χ1n) is 4.77. The van der Waals surface area contributed by atoms with Crippen molar-refractivity contribution in [2.24, 2.45) is 0 Å². The zero-order chi connectivity index (χ0) is 15.1. The van der Waals surface area contributed by atoms with Crippen molar-refractivity contribution < 1.29 is 29.3 Å². The third-order valence-electron chi connectivity index (χ3n) is 1.50. The van der Waals surface area contributed by atoms with E-state index in [1.807, 2.05) is 0 Å². The van der Waals surface area contributed by atoms with E-state index < -0.39 is 32.0 Å². The van der Waals surface area contributed by atoms with Crippen LogP contribution in [0.15, 0.2) is 47.6 Å². The van der Waals surface area contributed by atoms with E-state index in [0.29, 0.717) is 0 Å². The van der Waals surface area contributed by atoms with Crippen LogP contribution in [0.4, 0.5) is 7.77 Å². The minimum absolute atomic E-state index is 0.149. The Labute approximate surface area is 111 Å². The zero-order valence-corrected chi connectivity index (χ0v) is 11.4. The summed E-state index contributed by atoms with van der Waals surface area (Å²) in [6.07, 6.45) is 2.02. The van der Waals surface area contributed by atoms with E-state index in [4.69, 9.17) is 4.74 Å². The Kier molecular flexibility index (Phi) is 6.63. The molecule has 0 rings (SSSR count). The van der Waals surface area contributed by atoms with Crippen molar-refractivity contribution in [3.8, 4) is 0 Å². The van der Waals surface area contributed by atoms with Crippen LogP contribution in [0.3, 0.4) is 0 Å². The summed E-state index contributed by atoms with van der Waals surface area (Å²) in [5, 5.41) is 0.299. The quantitative estimate of drug-likeness (QED) is 0.391. The SMILES string of the molecule is C=CCC(=CS(=O)(=O)F)OC(=CS(=O)(=O)F)CC=C. The predicted octanol–water partition coefficient (Wildman–Crippen LogP) is 2.44. The Balaban J connectivity index is 5.40. The molecule has 0 heterocycles. The summed E-state index contributed by atoms with van der Waals surface area (Å²) >= 11 is 0. The Morgan fingerprint density at radius 1 is 0.895 bits per heavy atom. The molecular formula is C10H12F2O5S2. The monoisotopic (exact) mass is 314 g/mol. The molecule has 0 aliphatic carbocycles. The van der Waals surface area contributed by atoms with E-state index >= 15 is 0 Å². The van der Waals surface area contributed by atoms with Crippen LogP contribution in [0.2, 0.25) is 0 Å². The number of hydrogen-bond donors (Lipinski definition) is 0. The average molecular weight is 314 g/mol. The molecule has 0 spiro atoms. The molecule has 0 saturated carbocycles. The lowest BCUT2D eigenvalue weighted by molar-refractivity contribution is 0.293. The molecule has 0 aliphatic rings. The fourth-order valence-corrected chi connectivity index (χ4v) is 1.91. The molecule has 0 aromatic rings. The molecule has 0 fully saturated rings. The summed E-state index contributed by atoms with van der Waals surface area (Å²) in [6, 6.07) is 0. The van der Waals surface area contributed by atoms with E-state index in [-0.39, 0.29) is 23.7 Å². The molecule has 0 aromatic heterocycles. The maximum absolute atomic E-state index is 12.5. The Bertz CT molecular complexity index is 546. The highest BCUT2D eigenvalue weighted by Gasteiger charge is 2.12. The highest BCUT2D eigenvalue weighted by molar-refractivity contribution is 7.89. The Morgan fingerprint density at radius 2 is 1.21 bits per heavy atom. The summed E-state index contributed by atoms with van der Waals surface area (Å²) in [7, 11) is -9.96. The number of allylic oxidation sites excluding steroid dienone is 2. The van der Waals surface area contributed by atoms with Crippen molar-refractivity contribution in [3.05, 3.63) is 47.6 Å². The summed E-state index contributed by atoms with van der Waals surface area (Å²) < 4.78 is 71.6. The van der Waals surface area contributed by atoms with Crippen LogP contribution in [0.25, 0.3) is 0 Å². The van der Waals surface area contributed by atoms with Gasteiger partial charge in [-0.05, 0) is 0 Å². The van der Waals surface area contributed by atoms with Crippen LogP contribution in [0, 0.1) is 0 Å². The van der Waals surface area contributed by atoms with Crippen LogP contribution < -0.4 is 0 Å². The van der Waals surface area contributed by atoms with Gasteiger partial charge in [0.15, 0.2) is 0 Å². The predicted molar refractivity (Wildman–Crippen MR) is 66.9 cm³/mol. The maximum Gasteiger partial charge on any atom is 0.328 e. The van der Waals surface area contributed by atoms with Gasteiger partial charge in [0, 0.05) is 12.8 Å². The van der Waals surface area contributed by atoms with Gasteiger partial charge in [-0.15, -0.1) is 20.9 Å². The molecule has 0 aromatic carbocycles. The second-order valence-corrected chi connectivity index (χ2v) is 5.58. The van der Waals surface area contributed by atoms with Crippen molar-refractivity contribution in [2.75, 3.05) is 0 Å². The van der Waals surface area contributed by atoms with Crippen molar-refractivity contribution in [1.29, 1.82) is 0 Å². The van der Waals surface area contributed by atoms with Crippen molar-refractivity contribution in [3.63, 3.8) is 0 Å². The van der Waals surface area contributed by atoms with E-state index in [1.165, 1.54) is 12.2 Å². The highest BCUT2D eigenvalue weighted by atomic mass is 32.3. The van der Waals surface area contributed by atoms with Gasteiger partial charge in [0.25, 0.3) is 0 Å². The molecule has 0 bridgehead atoms. The lowest BCUT2D eigenvalue weighted by Gasteiger charge is -2.09. The van der Waals surface area contributed by atoms with Crippen LogP contribution in [-0.4, -0.2) is 16.8 Å². The largest absolute Gasteiger partial charge is 0.464 e. The Morgan fingerprint density at radius 3 is 1.42 bits per heavy atom. The number of ether oxygens (including phenoxy) is 1. The van der Waals surface area contributed by atoms with Crippen molar-refractivity contribution in [2.45, 2.75) is 12.8 Å². The lowest BCUT2D eigenvalue weighted by Crippen LogP contribution is -1.98. The maximum atomic E-state index is 12.5. The molecule has 0 radical (unpaired) electrons. The third kappa shape index (κ3) is 10.2. The van der Waals surface area contributed by atoms with Crippen LogP contribution >= 0.6 is 0 Å². The Hall–Kier alpha value is -1.48. The summed E-state index contributed by atoms with van der Waals surface area (Å²) in [5.74, 6) is -0.872. The van der Waals surface area contributed by atoms with E-state index in [1.54, 1.807) is 0 Å². The van der Waals surface area contributed by atoms with Gasteiger partial charge in [-0.1, -0.05) is 12.2 Å². The highest BCUT2D eigenvalue weighted by Crippen LogP contribution is 2.18. The first-order valence-corrected chi connectivity index (χ1v) is 7.67. The summed E-state index contributed by atoms with van der Waals surface area (Å²) in [5.41, 5.74) is 0. The summed E-state index contributed by atoms with van der Waals surface area (Å²) in [4.78, 5) is 0. The second kappa shape index (κ2) is 7.19. The fraction of sp³-hybridized carbons (Fsp3) is 0.200. The molecule has 5 nitrogen and oxygen atoms in total. The molecule has 0 saturated heterocycles. The minimum atomic E-state index is -4.98. The van der Waals surface area contributed by atoms with Crippen LogP contribution in [0.1, 0.15) is 12.8 Å². The van der Waals surface area contributed by atoms with E-state index in [0.717, 1.165) is 0 Å². The van der Waals surface area contributed by atoms with Crippen molar-refractivity contribution >= 4 is 20.4 Å². The van der Waals surface area contributed by atoms with Gasteiger partial charge in [0.2, 0.25) is 0 Å². The molecule has 0 unspecified atom stereocenters. The third-order valence-corrected chi connectivity index (χ3v) is 2.59. The molecule has 0 N–H and O–H groups in total. The topological polar surface area (TPSA) is 77.5 Å². The molecule has 0 aliphatic heterocycles. The van der Waals surface area contributed by atoms with Crippen molar-refractivity contribution in [1.82, 2.24) is 0 Å². The van der Waals surface area contributed by atoms with Gasteiger partial charge in [0.1, 0.15) is 22.3 Å². The van der Waals surface area contributed by atoms with Gasteiger partial charge in [0.05, 0.1) is 0 Å². The summed E-state index contributed by atoms with van der Waals surface area (Å²) in [6.45, 7) is 6.58. The van der Waals surface area contributed by atoms with Crippen LogP contribution in [-0.2, 0) is 25.2 Å². The first kappa shape index (κ1) is 17.5. The molecule has 0 amide bonds. The normalized spacial score (nSPS) is 14.0. The average Bonchev–Trinajstić information content (AvgIpc) is 2.12. The molecule has 0 atom stereocenters.